The minimum atomic E-state index is -0.717. The van der Waals surface area contributed by atoms with E-state index in [-0.39, 0.29) is 57.8 Å². The topological polar surface area (TPSA) is 89.5 Å². The highest BCUT2D eigenvalue weighted by Crippen LogP contribution is 2.73. The molecule has 6 rings (SSSR count). The van der Waals surface area contributed by atoms with E-state index in [2.05, 4.69) is 52.9 Å². The van der Waals surface area contributed by atoms with Crippen molar-refractivity contribution in [3.63, 3.8) is 0 Å². The predicted octanol–water partition coefficient (Wildman–Crippen LogP) is 9.61. The number of hydrogen-bond acceptors (Lipinski definition) is 5. The molecule has 1 aromatic carbocycles. The fourth-order valence-electron chi connectivity index (χ4n) is 12.4. The number of amides is 1. The quantitative estimate of drug-likeness (QED) is 0.167. The summed E-state index contributed by atoms with van der Waals surface area (Å²) in [7, 11) is 0. The average Bonchev–Trinajstić information content (AvgIpc) is 3.35. The maximum absolute atomic E-state index is 13.9. The molecule has 6 heteroatoms. The van der Waals surface area contributed by atoms with Crippen LogP contribution in [0.4, 0.5) is 5.69 Å². The molecule has 8 atom stereocenters. The second-order valence-corrected chi connectivity index (χ2v) is 19.0. The molecule has 4 fully saturated rings. The number of aldehydes is 1. The van der Waals surface area contributed by atoms with Crippen LogP contribution >= 0.6 is 0 Å². The lowest BCUT2D eigenvalue weighted by Gasteiger charge is -2.68. The van der Waals surface area contributed by atoms with Gasteiger partial charge in [0.1, 0.15) is 12.4 Å². The Labute approximate surface area is 300 Å². The van der Waals surface area contributed by atoms with Gasteiger partial charge in [0, 0.05) is 34.4 Å². The van der Waals surface area contributed by atoms with Crippen LogP contribution in [0.15, 0.2) is 47.6 Å². The first kappa shape index (κ1) is 36.8. The number of ketones is 1. The van der Waals surface area contributed by atoms with Gasteiger partial charge in [-0.3, -0.25) is 14.4 Å². The number of aryl methyl sites for hydroxylation is 1. The van der Waals surface area contributed by atoms with E-state index >= 15 is 0 Å². The van der Waals surface area contributed by atoms with E-state index in [4.69, 9.17) is 4.74 Å². The average molecular weight is 684 g/mol. The molecule has 6 nitrogen and oxygen atoms in total. The molecule has 0 saturated heterocycles. The highest BCUT2D eigenvalue weighted by Gasteiger charge is 2.66. The number of nitrogens with one attached hydrogen (secondary N) is 1. The standard InChI is InChI=1S/C44H61NO5/c1-27(2)38-32(47)24-44(23-19-36(48)45-29-12-10-28(3)11-13-29)22-16-31-30(39(38)44)14-15-34-42(31,8)20-17-33-41(6,7)35(18-21-43(33,34)9)50-37(49)25-40(4,5)26-46/h10-13,19,23,26-27,30-31,33-35H,14-18,20-22,24-25H2,1-9H3,(H,45,48)/b23-19+. The summed E-state index contributed by atoms with van der Waals surface area (Å²) in [6.07, 6.45) is 13.4. The van der Waals surface area contributed by atoms with E-state index in [1.807, 2.05) is 31.2 Å². The Hall–Kier alpha value is -3.02. The van der Waals surface area contributed by atoms with Crippen molar-refractivity contribution in [1.82, 2.24) is 0 Å². The molecule has 8 unspecified atom stereocenters. The van der Waals surface area contributed by atoms with Gasteiger partial charge in [0.05, 0.1) is 6.42 Å². The first-order valence-corrected chi connectivity index (χ1v) is 19.4. The summed E-state index contributed by atoms with van der Waals surface area (Å²) in [6, 6.07) is 7.85. The number of benzene rings is 1. The minimum absolute atomic E-state index is 0.111. The van der Waals surface area contributed by atoms with Gasteiger partial charge >= 0.3 is 5.97 Å². The van der Waals surface area contributed by atoms with E-state index in [1.54, 1.807) is 19.9 Å². The lowest BCUT2D eigenvalue weighted by Crippen LogP contribution is -2.63. The first-order valence-electron chi connectivity index (χ1n) is 19.4. The number of carbonyl (C=O) groups is 4. The third kappa shape index (κ3) is 6.15. The molecule has 1 amide bonds. The van der Waals surface area contributed by atoms with Crippen molar-refractivity contribution < 1.29 is 23.9 Å². The van der Waals surface area contributed by atoms with Gasteiger partial charge in [0.25, 0.3) is 0 Å². The molecule has 50 heavy (non-hydrogen) atoms. The van der Waals surface area contributed by atoms with Crippen molar-refractivity contribution in [1.29, 1.82) is 0 Å². The van der Waals surface area contributed by atoms with Crippen molar-refractivity contribution in [3.05, 3.63) is 53.1 Å². The van der Waals surface area contributed by atoms with Crippen molar-refractivity contribution in [3.8, 4) is 0 Å². The van der Waals surface area contributed by atoms with Crippen LogP contribution in [0.1, 0.15) is 125 Å². The highest BCUT2D eigenvalue weighted by molar-refractivity contribution is 6.02. The lowest BCUT2D eigenvalue weighted by molar-refractivity contribution is -0.213. The maximum atomic E-state index is 13.9. The SMILES string of the molecule is Cc1ccc(NC(=O)/C=C/C23CCC4C(CCC5C4(C)CCC4C(C)(C)C(OC(=O)CC(C)(C)C=O)CCC45C)C2=C(C(C)C)C(=O)C3)cc1. The van der Waals surface area contributed by atoms with Crippen LogP contribution in [0.25, 0.3) is 0 Å². The van der Waals surface area contributed by atoms with Gasteiger partial charge in [-0.25, -0.2) is 0 Å². The Morgan fingerprint density at radius 1 is 0.940 bits per heavy atom. The van der Waals surface area contributed by atoms with E-state index < -0.39 is 5.41 Å². The van der Waals surface area contributed by atoms with E-state index in [0.29, 0.717) is 30.1 Å². The highest BCUT2D eigenvalue weighted by atomic mass is 16.5. The number of Topliss-reactive ketones (excluding diaryl/α,β-unsaturated/α-hetero) is 1. The van der Waals surface area contributed by atoms with Crippen LogP contribution in [0.5, 0.6) is 0 Å². The fraction of sp³-hybridized carbons (Fsp3) is 0.682. The summed E-state index contributed by atoms with van der Waals surface area (Å²) in [5, 5.41) is 3.02. The molecule has 0 aromatic heterocycles. The van der Waals surface area contributed by atoms with Gasteiger partial charge in [-0.05, 0) is 122 Å². The maximum Gasteiger partial charge on any atom is 0.307 e. The minimum Gasteiger partial charge on any atom is -0.462 e. The fourth-order valence-corrected chi connectivity index (χ4v) is 12.4. The molecular formula is C44H61NO5. The number of carbonyl (C=O) groups excluding carboxylic acids is 4. The Kier molecular flexibility index (Phi) is 9.47. The van der Waals surface area contributed by atoms with E-state index in [9.17, 15) is 19.2 Å². The number of anilines is 1. The molecule has 0 spiro atoms. The monoisotopic (exact) mass is 683 g/mol. The van der Waals surface area contributed by atoms with Crippen molar-refractivity contribution in [2.75, 3.05) is 5.32 Å². The Bertz CT molecular complexity index is 1600. The Morgan fingerprint density at radius 3 is 2.28 bits per heavy atom. The van der Waals surface area contributed by atoms with Crippen molar-refractivity contribution in [2.24, 2.45) is 56.7 Å². The molecule has 0 bridgehead atoms. The van der Waals surface area contributed by atoms with Gasteiger partial charge in [-0.15, -0.1) is 0 Å². The van der Waals surface area contributed by atoms with Crippen molar-refractivity contribution in [2.45, 2.75) is 133 Å². The van der Waals surface area contributed by atoms with Crippen LogP contribution in [0.2, 0.25) is 0 Å². The number of hydrogen-bond donors (Lipinski definition) is 1. The zero-order chi connectivity index (χ0) is 36.4. The largest absolute Gasteiger partial charge is 0.462 e. The summed E-state index contributed by atoms with van der Waals surface area (Å²) in [6.45, 7) is 19.7. The summed E-state index contributed by atoms with van der Waals surface area (Å²) < 4.78 is 6.19. The van der Waals surface area contributed by atoms with E-state index in [0.717, 1.165) is 74.5 Å². The van der Waals surface area contributed by atoms with Gasteiger partial charge in [0.2, 0.25) is 5.91 Å². The van der Waals surface area contributed by atoms with Crippen molar-refractivity contribution >= 4 is 29.6 Å². The molecule has 4 saturated carbocycles. The summed E-state index contributed by atoms with van der Waals surface area (Å²) in [5.41, 5.74) is 3.34. The smallest absolute Gasteiger partial charge is 0.307 e. The molecule has 1 aromatic rings. The molecule has 0 radical (unpaired) electrons. The molecule has 0 heterocycles. The van der Waals surface area contributed by atoms with Gasteiger partial charge in [-0.2, -0.15) is 0 Å². The van der Waals surface area contributed by atoms with Crippen LogP contribution in [0, 0.1) is 63.6 Å². The summed E-state index contributed by atoms with van der Waals surface area (Å²) in [4.78, 5) is 51.6. The predicted molar refractivity (Wildman–Crippen MR) is 198 cm³/mol. The van der Waals surface area contributed by atoms with Crippen LogP contribution in [-0.2, 0) is 23.9 Å². The Morgan fingerprint density at radius 2 is 1.62 bits per heavy atom. The number of fused-ring (bicyclic) bond motifs is 7. The first-order chi connectivity index (χ1) is 23.4. The Balaban J connectivity index is 1.25. The van der Waals surface area contributed by atoms with E-state index in [1.165, 1.54) is 5.57 Å². The van der Waals surface area contributed by atoms with Gasteiger partial charge < -0.3 is 14.8 Å². The number of rotatable bonds is 8. The summed E-state index contributed by atoms with van der Waals surface area (Å²) >= 11 is 0. The number of esters is 1. The van der Waals surface area contributed by atoms with Crippen LogP contribution < -0.4 is 5.32 Å². The number of allylic oxidation sites excluding steroid dienone is 3. The van der Waals surface area contributed by atoms with Crippen LogP contribution in [0.3, 0.4) is 0 Å². The molecule has 272 valence electrons. The lowest BCUT2D eigenvalue weighted by atomic mass is 9.36. The van der Waals surface area contributed by atoms with Gasteiger partial charge in [-0.1, -0.05) is 79.2 Å². The van der Waals surface area contributed by atoms with Gasteiger partial charge in [0.15, 0.2) is 5.78 Å². The zero-order valence-corrected chi connectivity index (χ0v) is 32.1. The third-order valence-corrected chi connectivity index (χ3v) is 14.7. The molecular weight excluding hydrogens is 622 g/mol. The molecule has 0 aliphatic heterocycles. The normalized spacial score (nSPS) is 36.4. The van der Waals surface area contributed by atoms with Crippen LogP contribution in [-0.4, -0.2) is 30.0 Å². The number of ether oxygens (including phenoxy) is 1. The summed E-state index contributed by atoms with van der Waals surface area (Å²) in [5.74, 6) is 1.86. The third-order valence-electron chi connectivity index (χ3n) is 14.7. The second-order valence-electron chi connectivity index (χ2n) is 19.0. The molecule has 1 N–H and O–H groups in total. The molecule has 5 aliphatic carbocycles. The molecule has 5 aliphatic rings. The second kappa shape index (κ2) is 12.9. The zero-order valence-electron chi connectivity index (χ0n) is 32.1.